The molecule has 9 heteroatoms. The van der Waals surface area contributed by atoms with Crippen LogP contribution in [0.1, 0.15) is 16.2 Å². The summed E-state index contributed by atoms with van der Waals surface area (Å²) >= 11 is 12.0. The Labute approximate surface area is 164 Å². The number of rotatable bonds is 6. The molecule has 0 spiro atoms. The van der Waals surface area contributed by atoms with Gasteiger partial charge in [0.25, 0.3) is 5.89 Å². The Hall–Kier alpha value is -2.77. The summed E-state index contributed by atoms with van der Waals surface area (Å²) in [5.74, 6) is 0.863. The quantitative estimate of drug-likeness (QED) is 0.558. The topological polar surface area (TPSA) is 83.7 Å². The lowest BCUT2D eigenvalue weighted by atomic mass is 10.2. The van der Waals surface area contributed by atoms with Gasteiger partial charge in [-0.05, 0) is 30.3 Å². The monoisotopic (exact) mass is 408 g/mol. The molecule has 2 aromatic carbocycles. The predicted octanol–water partition coefficient (Wildman–Crippen LogP) is 4.42. The summed E-state index contributed by atoms with van der Waals surface area (Å²) in [5, 5.41) is 4.27. The Morgan fingerprint density at radius 1 is 1.07 bits per heavy atom. The number of aromatic nitrogens is 2. The van der Waals surface area contributed by atoms with Gasteiger partial charge in [-0.15, -0.1) is 0 Å². The molecule has 0 bridgehead atoms. The molecule has 3 aromatic rings. The highest BCUT2D eigenvalue weighted by Gasteiger charge is 2.18. The number of carbonyl (C=O) groups is 1. The number of nitrogens with zero attached hydrogens (tertiary/aromatic N) is 2. The second kappa shape index (κ2) is 8.28. The molecule has 0 saturated carbocycles. The van der Waals surface area contributed by atoms with E-state index in [0.717, 1.165) is 0 Å². The van der Waals surface area contributed by atoms with Crippen LogP contribution in [0.3, 0.4) is 0 Å². The van der Waals surface area contributed by atoms with Crippen molar-refractivity contribution in [2.75, 3.05) is 14.2 Å². The lowest BCUT2D eigenvalue weighted by Gasteiger charge is -2.07. The van der Waals surface area contributed by atoms with Crippen LogP contribution >= 0.6 is 23.2 Å². The first-order valence-electron chi connectivity index (χ1n) is 7.69. The average molecular weight is 409 g/mol. The van der Waals surface area contributed by atoms with Gasteiger partial charge in [0.15, 0.2) is 18.1 Å². The summed E-state index contributed by atoms with van der Waals surface area (Å²) in [6.45, 7) is -0.222. The van der Waals surface area contributed by atoms with Crippen LogP contribution in [0.4, 0.5) is 0 Å². The van der Waals surface area contributed by atoms with E-state index in [0.29, 0.717) is 22.9 Å². The summed E-state index contributed by atoms with van der Waals surface area (Å²) < 4.78 is 20.7. The van der Waals surface area contributed by atoms with Gasteiger partial charge in [0.1, 0.15) is 0 Å². The third-order valence-corrected chi connectivity index (χ3v) is 4.23. The van der Waals surface area contributed by atoms with E-state index >= 15 is 0 Å². The molecule has 1 heterocycles. The molecule has 140 valence electrons. The molecule has 0 aliphatic rings. The third kappa shape index (κ3) is 4.15. The maximum atomic E-state index is 12.2. The average Bonchev–Trinajstić information content (AvgIpc) is 3.14. The zero-order chi connectivity index (χ0) is 19.4. The molecule has 0 saturated heterocycles. The number of benzene rings is 2. The number of ether oxygens (including phenoxy) is 3. The molecular weight excluding hydrogens is 395 g/mol. The van der Waals surface area contributed by atoms with Gasteiger partial charge in [-0.1, -0.05) is 34.4 Å². The van der Waals surface area contributed by atoms with Gasteiger partial charge >= 0.3 is 5.97 Å². The van der Waals surface area contributed by atoms with Crippen LogP contribution in [0.5, 0.6) is 11.5 Å². The van der Waals surface area contributed by atoms with E-state index in [4.69, 9.17) is 41.9 Å². The first-order valence-corrected chi connectivity index (χ1v) is 8.45. The zero-order valence-corrected chi connectivity index (χ0v) is 15.9. The molecule has 0 N–H and O–H groups in total. The van der Waals surface area contributed by atoms with E-state index in [1.165, 1.54) is 7.11 Å². The van der Waals surface area contributed by atoms with Crippen molar-refractivity contribution < 1.29 is 23.5 Å². The van der Waals surface area contributed by atoms with Crippen molar-refractivity contribution in [3.05, 3.63) is 57.9 Å². The Bertz CT molecular complexity index is 954. The van der Waals surface area contributed by atoms with Crippen molar-refractivity contribution in [3.8, 4) is 22.9 Å². The molecule has 0 amide bonds. The van der Waals surface area contributed by atoms with Gasteiger partial charge in [0.05, 0.1) is 29.8 Å². The lowest BCUT2D eigenvalue weighted by Crippen LogP contribution is -2.07. The molecule has 7 nitrogen and oxygen atoms in total. The van der Waals surface area contributed by atoms with Crippen LogP contribution in [0.15, 0.2) is 40.9 Å². The molecule has 0 radical (unpaired) electrons. The van der Waals surface area contributed by atoms with Gasteiger partial charge in [0, 0.05) is 5.56 Å². The molecule has 0 fully saturated rings. The van der Waals surface area contributed by atoms with Gasteiger partial charge in [-0.25, -0.2) is 4.79 Å². The number of hydrogen-bond donors (Lipinski definition) is 0. The minimum Gasteiger partial charge on any atom is -0.493 e. The maximum absolute atomic E-state index is 12.2. The van der Waals surface area contributed by atoms with Crippen molar-refractivity contribution in [1.82, 2.24) is 10.1 Å². The molecular formula is C18H14Cl2N2O5. The normalized spacial score (nSPS) is 10.5. The number of carbonyl (C=O) groups excluding carboxylic acids is 1. The fraction of sp³-hybridized carbons (Fsp3) is 0.167. The van der Waals surface area contributed by atoms with Gasteiger partial charge < -0.3 is 18.7 Å². The van der Waals surface area contributed by atoms with E-state index in [1.54, 1.807) is 43.5 Å². The number of halogens is 2. The SMILES string of the molecule is COc1ccc(-c2noc(COC(=O)c3c(Cl)cccc3Cl)n2)cc1OC. The fourth-order valence-corrected chi connectivity index (χ4v) is 2.85. The minimum absolute atomic E-state index is 0.0838. The van der Waals surface area contributed by atoms with Crippen LogP contribution in [-0.2, 0) is 11.3 Å². The molecule has 0 aliphatic carbocycles. The second-order valence-electron chi connectivity index (χ2n) is 5.25. The molecule has 0 aliphatic heterocycles. The highest BCUT2D eigenvalue weighted by molar-refractivity contribution is 6.39. The largest absolute Gasteiger partial charge is 0.493 e. The summed E-state index contributed by atoms with van der Waals surface area (Å²) in [5.41, 5.74) is 0.739. The predicted molar refractivity (Wildman–Crippen MR) is 98.4 cm³/mol. The van der Waals surface area contributed by atoms with Gasteiger partial charge in [-0.2, -0.15) is 4.98 Å². The van der Waals surface area contributed by atoms with Crippen LogP contribution in [0.2, 0.25) is 10.0 Å². The standard InChI is InChI=1S/C18H14Cl2N2O5/c1-24-13-7-6-10(8-14(13)25-2)17-21-15(27-22-17)9-26-18(23)16-11(19)4-3-5-12(16)20/h3-8H,9H2,1-2H3. The maximum Gasteiger partial charge on any atom is 0.341 e. The molecule has 3 rings (SSSR count). The second-order valence-corrected chi connectivity index (χ2v) is 6.07. The number of methoxy groups -OCH3 is 2. The third-order valence-electron chi connectivity index (χ3n) is 3.60. The minimum atomic E-state index is -0.684. The van der Waals surface area contributed by atoms with Crippen LogP contribution in [0, 0.1) is 0 Å². The summed E-state index contributed by atoms with van der Waals surface area (Å²) in [7, 11) is 3.08. The summed E-state index contributed by atoms with van der Waals surface area (Å²) in [6.07, 6.45) is 0. The van der Waals surface area contributed by atoms with Crippen LogP contribution in [-0.4, -0.2) is 30.3 Å². The van der Waals surface area contributed by atoms with Crippen molar-refractivity contribution in [2.24, 2.45) is 0 Å². The van der Waals surface area contributed by atoms with E-state index < -0.39 is 5.97 Å². The van der Waals surface area contributed by atoms with Crippen LogP contribution in [0.25, 0.3) is 11.4 Å². The summed E-state index contributed by atoms with van der Waals surface area (Å²) in [4.78, 5) is 16.4. The fourth-order valence-electron chi connectivity index (χ4n) is 2.30. The van der Waals surface area contributed by atoms with Crippen molar-refractivity contribution in [2.45, 2.75) is 6.61 Å². The Balaban J connectivity index is 1.72. The van der Waals surface area contributed by atoms with E-state index in [9.17, 15) is 4.79 Å². The van der Waals surface area contributed by atoms with E-state index in [1.807, 2.05) is 0 Å². The van der Waals surface area contributed by atoms with Crippen molar-refractivity contribution >= 4 is 29.2 Å². The smallest absolute Gasteiger partial charge is 0.341 e. The Morgan fingerprint density at radius 3 is 2.44 bits per heavy atom. The highest BCUT2D eigenvalue weighted by Crippen LogP contribution is 2.31. The number of hydrogen-bond acceptors (Lipinski definition) is 7. The van der Waals surface area contributed by atoms with Crippen molar-refractivity contribution in [1.29, 1.82) is 0 Å². The number of esters is 1. The van der Waals surface area contributed by atoms with E-state index in [2.05, 4.69) is 10.1 Å². The Kier molecular flexibility index (Phi) is 5.83. The van der Waals surface area contributed by atoms with Crippen LogP contribution < -0.4 is 9.47 Å². The first kappa shape index (κ1) is 19.0. The van der Waals surface area contributed by atoms with Gasteiger partial charge in [-0.3, -0.25) is 0 Å². The van der Waals surface area contributed by atoms with Gasteiger partial charge in [0.2, 0.25) is 5.82 Å². The highest BCUT2D eigenvalue weighted by atomic mass is 35.5. The molecule has 27 heavy (non-hydrogen) atoms. The van der Waals surface area contributed by atoms with E-state index in [-0.39, 0.29) is 28.1 Å². The zero-order valence-electron chi connectivity index (χ0n) is 14.4. The molecule has 0 atom stereocenters. The lowest BCUT2D eigenvalue weighted by molar-refractivity contribution is 0.0430. The van der Waals surface area contributed by atoms with Crippen molar-refractivity contribution in [3.63, 3.8) is 0 Å². The summed E-state index contributed by atoms with van der Waals surface area (Å²) in [6, 6.07) is 9.92. The molecule has 1 aromatic heterocycles. The molecule has 0 unspecified atom stereocenters. The Morgan fingerprint density at radius 2 is 1.78 bits per heavy atom. The first-order chi connectivity index (χ1) is 13.0.